The van der Waals surface area contributed by atoms with Gasteiger partial charge in [-0.1, -0.05) is 18.2 Å². The van der Waals surface area contributed by atoms with Crippen LogP contribution in [0.15, 0.2) is 24.3 Å². The van der Waals surface area contributed by atoms with E-state index in [1.807, 2.05) is 24.4 Å². The molecule has 3 amide bonds. The zero-order chi connectivity index (χ0) is 15.0. The molecule has 1 aromatic carbocycles. The summed E-state index contributed by atoms with van der Waals surface area (Å²) in [6, 6.07) is 6.54. The zero-order valence-electron chi connectivity index (χ0n) is 11.3. The summed E-state index contributed by atoms with van der Waals surface area (Å²) < 4.78 is 9.90. The molecule has 0 unspecified atom stereocenters. The summed E-state index contributed by atoms with van der Waals surface area (Å²) >= 11 is 0. The zero-order valence-corrected chi connectivity index (χ0v) is 11.3. The summed E-state index contributed by atoms with van der Waals surface area (Å²) in [6.45, 7) is 0.999. The van der Waals surface area contributed by atoms with Crippen molar-refractivity contribution in [2.45, 2.75) is 6.92 Å². The number of carbonyl (C=O) groups is 3. The van der Waals surface area contributed by atoms with E-state index in [1.165, 1.54) is 7.05 Å². The second-order valence-corrected chi connectivity index (χ2v) is 3.84. The van der Waals surface area contributed by atoms with Crippen LogP contribution in [0.5, 0.6) is 5.75 Å². The van der Waals surface area contributed by atoms with E-state index < -0.39 is 24.5 Å². The molecule has 0 fully saturated rings. The first-order chi connectivity index (χ1) is 9.52. The van der Waals surface area contributed by atoms with E-state index in [4.69, 9.17) is 4.74 Å². The van der Waals surface area contributed by atoms with Crippen molar-refractivity contribution in [2.24, 2.45) is 0 Å². The van der Waals surface area contributed by atoms with Gasteiger partial charge in [-0.3, -0.25) is 10.1 Å². The predicted molar refractivity (Wildman–Crippen MR) is 70.2 cm³/mol. The molecule has 0 radical (unpaired) electrons. The number of aryl methyl sites for hydroxylation is 1. The molecular weight excluding hydrogens is 264 g/mol. The molecule has 0 atom stereocenters. The minimum atomic E-state index is -0.714. The van der Waals surface area contributed by atoms with Crippen molar-refractivity contribution < 1.29 is 23.9 Å². The average Bonchev–Trinajstić information content (AvgIpc) is 2.44. The number of urea groups is 1. The number of nitrogens with one attached hydrogen (secondary N) is 2. The van der Waals surface area contributed by atoms with Crippen molar-refractivity contribution in [1.29, 1.82) is 0 Å². The molecule has 108 valence electrons. The van der Waals surface area contributed by atoms with Crippen molar-refractivity contribution in [2.75, 3.05) is 20.3 Å². The number of benzene rings is 1. The van der Waals surface area contributed by atoms with E-state index in [9.17, 15) is 14.4 Å². The molecule has 20 heavy (non-hydrogen) atoms. The summed E-state index contributed by atoms with van der Waals surface area (Å²) in [6.07, 6.45) is 0. The lowest BCUT2D eigenvalue weighted by Gasteiger charge is -2.08. The van der Waals surface area contributed by atoms with Crippen molar-refractivity contribution in [3.8, 4) is 5.75 Å². The highest BCUT2D eigenvalue weighted by atomic mass is 16.6. The monoisotopic (exact) mass is 280 g/mol. The molecule has 0 saturated heterocycles. The van der Waals surface area contributed by atoms with E-state index in [0.29, 0.717) is 5.75 Å². The minimum absolute atomic E-state index is 0.307. The van der Waals surface area contributed by atoms with Crippen LogP contribution in [0.25, 0.3) is 0 Å². The molecule has 7 nitrogen and oxygen atoms in total. The highest BCUT2D eigenvalue weighted by Crippen LogP contribution is 2.15. The molecule has 0 spiro atoms. The van der Waals surface area contributed by atoms with Crippen molar-refractivity contribution in [1.82, 2.24) is 10.6 Å². The van der Waals surface area contributed by atoms with Crippen molar-refractivity contribution in [3.05, 3.63) is 29.8 Å². The second kappa shape index (κ2) is 7.78. The van der Waals surface area contributed by atoms with Crippen LogP contribution in [0.1, 0.15) is 5.56 Å². The van der Waals surface area contributed by atoms with Gasteiger partial charge < -0.3 is 14.8 Å². The van der Waals surface area contributed by atoms with Gasteiger partial charge in [-0.2, -0.15) is 0 Å². The number of rotatable bonds is 5. The van der Waals surface area contributed by atoms with Gasteiger partial charge in [0.1, 0.15) is 5.75 Å². The number of carbonyl (C=O) groups excluding carboxylic acids is 3. The highest BCUT2D eigenvalue weighted by molar-refractivity contribution is 5.95. The van der Waals surface area contributed by atoms with Gasteiger partial charge in [-0.05, 0) is 18.6 Å². The van der Waals surface area contributed by atoms with Crippen LogP contribution in [-0.4, -0.2) is 38.2 Å². The molecule has 0 bridgehead atoms. The number of amides is 3. The largest absolute Gasteiger partial charge is 0.482 e. The van der Waals surface area contributed by atoms with Crippen LogP contribution in [0, 0.1) is 6.92 Å². The molecule has 0 aromatic heterocycles. The van der Waals surface area contributed by atoms with Gasteiger partial charge in [0, 0.05) is 7.05 Å². The van der Waals surface area contributed by atoms with Gasteiger partial charge >= 0.3 is 12.0 Å². The van der Waals surface area contributed by atoms with Gasteiger partial charge in [-0.25, -0.2) is 9.59 Å². The first-order valence-corrected chi connectivity index (χ1v) is 5.88. The summed E-state index contributed by atoms with van der Waals surface area (Å²) in [5.74, 6) is -0.840. The fourth-order valence-electron chi connectivity index (χ4n) is 1.27. The summed E-state index contributed by atoms with van der Waals surface area (Å²) in [5, 5.41) is 4.16. The topological polar surface area (TPSA) is 93.7 Å². The van der Waals surface area contributed by atoms with Gasteiger partial charge in [0.2, 0.25) is 0 Å². The molecule has 0 aliphatic rings. The number of hydrogen-bond donors (Lipinski definition) is 2. The maximum Gasteiger partial charge on any atom is 0.344 e. The molecule has 0 heterocycles. The van der Waals surface area contributed by atoms with Crippen LogP contribution in [-0.2, 0) is 14.3 Å². The third kappa shape index (κ3) is 5.38. The standard InChI is InChI=1S/C13H16N2O5/c1-9-5-3-4-6-10(9)19-8-12(17)20-7-11(16)15-13(18)14-2/h3-6H,7-8H2,1-2H3,(H2,14,15,16,18). The van der Waals surface area contributed by atoms with Crippen molar-refractivity contribution >= 4 is 17.9 Å². The van der Waals surface area contributed by atoms with Gasteiger partial charge in [0.25, 0.3) is 5.91 Å². The predicted octanol–water partition coefficient (Wildman–Crippen LogP) is 0.373. The van der Waals surface area contributed by atoms with Gasteiger partial charge in [0.15, 0.2) is 13.2 Å². The normalized spacial score (nSPS) is 9.50. The van der Waals surface area contributed by atoms with Crippen LogP contribution in [0.3, 0.4) is 0 Å². The Kier molecular flexibility index (Phi) is 6.02. The Morgan fingerprint density at radius 2 is 1.85 bits per heavy atom. The lowest BCUT2D eigenvalue weighted by Crippen LogP contribution is -2.40. The molecule has 0 aliphatic carbocycles. The summed E-state index contributed by atoms with van der Waals surface area (Å²) in [4.78, 5) is 33.3. The maximum absolute atomic E-state index is 11.4. The average molecular weight is 280 g/mol. The van der Waals surface area contributed by atoms with E-state index in [-0.39, 0.29) is 6.61 Å². The first-order valence-electron chi connectivity index (χ1n) is 5.88. The van der Waals surface area contributed by atoms with Crippen LogP contribution >= 0.6 is 0 Å². The fraction of sp³-hybridized carbons (Fsp3) is 0.308. The Bertz CT molecular complexity index is 501. The number of ether oxygens (including phenoxy) is 2. The van der Waals surface area contributed by atoms with Gasteiger partial charge in [0.05, 0.1) is 0 Å². The van der Waals surface area contributed by atoms with E-state index >= 15 is 0 Å². The third-order valence-electron chi connectivity index (χ3n) is 2.28. The molecule has 0 aliphatic heterocycles. The van der Waals surface area contributed by atoms with Gasteiger partial charge in [-0.15, -0.1) is 0 Å². The SMILES string of the molecule is CNC(=O)NC(=O)COC(=O)COc1ccccc1C. The van der Waals surface area contributed by atoms with E-state index in [2.05, 4.69) is 10.1 Å². The van der Waals surface area contributed by atoms with Crippen LogP contribution in [0.4, 0.5) is 4.79 Å². The smallest absolute Gasteiger partial charge is 0.344 e. The van der Waals surface area contributed by atoms with Crippen LogP contribution < -0.4 is 15.4 Å². The van der Waals surface area contributed by atoms with Crippen molar-refractivity contribution in [3.63, 3.8) is 0 Å². The Labute approximate surface area is 116 Å². The minimum Gasteiger partial charge on any atom is -0.482 e. The lowest BCUT2D eigenvalue weighted by molar-refractivity contribution is -0.150. The highest BCUT2D eigenvalue weighted by Gasteiger charge is 2.10. The second-order valence-electron chi connectivity index (χ2n) is 3.84. The number of hydrogen-bond acceptors (Lipinski definition) is 5. The lowest BCUT2D eigenvalue weighted by atomic mass is 10.2. The van der Waals surface area contributed by atoms with E-state index in [1.54, 1.807) is 12.1 Å². The number of imide groups is 1. The van der Waals surface area contributed by atoms with Crippen LogP contribution in [0.2, 0.25) is 0 Å². The molecule has 7 heteroatoms. The Morgan fingerprint density at radius 3 is 2.50 bits per heavy atom. The summed E-state index contributed by atoms with van der Waals surface area (Å²) in [5.41, 5.74) is 0.887. The Balaban J connectivity index is 2.29. The maximum atomic E-state index is 11.4. The summed E-state index contributed by atoms with van der Waals surface area (Å²) in [7, 11) is 1.37. The quantitative estimate of drug-likeness (QED) is 0.760. The number of para-hydroxylation sites is 1. The third-order valence-corrected chi connectivity index (χ3v) is 2.28. The molecule has 2 N–H and O–H groups in total. The molecule has 0 saturated carbocycles. The fourth-order valence-corrected chi connectivity index (χ4v) is 1.27. The Morgan fingerprint density at radius 1 is 1.15 bits per heavy atom. The Hall–Kier alpha value is -2.57. The first kappa shape index (κ1) is 15.5. The molecule has 1 rings (SSSR count). The molecule has 1 aromatic rings. The number of esters is 1. The van der Waals surface area contributed by atoms with E-state index in [0.717, 1.165) is 5.56 Å². The molecular formula is C13H16N2O5.